The van der Waals surface area contributed by atoms with Crippen LogP contribution >= 0.6 is 11.6 Å². The van der Waals surface area contributed by atoms with Crippen LogP contribution in [0, 0.1) is 0 Å². The van der Waals surface area contributed by atoms with Crippen LogP contribution in [0.4, 0.5) is 48.9 Å². The van der Waals surface area contributed by atoms with Crippen LogP contribution in [0.2, 0.25) is 5.15 Å². The number of amides is 2. The Hall–Kier alpha value is -3.36. The summed E-state index contributed by atoms with van der Waals surface area (Å²) in [4.78, 5) is 31.5. The zero-order valence-corrected chi connectivity index (χ0v) is 35.3. The monoisotopic (exact) mass is 846 g/mol. The minimum Gasteiger partial charge on any atom is -0.445 e. The van der Waals surface area contributed by atoms with Crippen molar-refractivity contribution in [1.29, 1.82) is 0 Å². The average molecular weight is 847 g/mol. The molecule has 2 aromatic carbocycles. The molecule has 0 spiro atoms. The second-order valence-electron chi connectivity index (χ2n) is 13.6. The molecule has 0 aliphatic rings. The van der Waals surface area contributed by atoms with E-state index in [1.165, 1.54) is 54.7 Å². The number of ether oxygens (including phenoxy) is 2. The first-order chi connectivity index (χ1) is 25.0. The maximum atomic E-state index is 13.4. The largest absolute Gasteiger partial charge is 1.00 e. The molecule has 8 nitrogen and oxygen atoms in total. The number of carbonyl (C=O) groups excluding carboxylic acids is 2. The zero-order valence-electron chi connectivity index (χ0n) is 31.4. The number of nitrogens with one attached hydrogen (secondary N) is 2. The molecule has 300 valence electrons. The predicted molar refractivity (Wildman–Crippen MR) is 194 cm³/mol. The third kappa shape index (κ3) is 17.8. The van der Waals surface area contributed by atoms with Crippen molar-refractivity contribution >= 4 is 58.4 Å². The molecule has 0 aliphatic heterocycles. The fourth-order valence-corrected chi connectivity index (χ4v) is 4.51. The van der Waals surface area contributed by atoms with Crippen molar-refractivity contribution in [2.45, 2.75) is 77.2 Å². The summed E-state index contributed by atoms with van der Waals surface area (Å²) in [5.74, 6) is 0. The van der Waals surface area contributed by atoms with Gasteiger partial charge in [-0.25, -0.2) is 14.6 Å². The molecule has 0 bridgehead atoms. The van der Waals surface area contributed by atoms with Crippen LogP contribution in [-0.2, 0) is 9.47 Å². The van der Waals surface area contributed by atoms with Crippen LogP contribution in [0.15, 0.2) is 80.1 Å². The van der Waals surface area contributed by atoms with Crippen molar-refractivity contribution in [3.8, 4) is 0 Å². The number of nitrogens with zero attached hydrogens (tertiary/aromatic N) is 2. The minimum atomic E-state index is -4.72. The van der Waals surface area contributed by atoms with Gasteiger partial charge in [0.15, 0.2) is 12.1 Å². The molecule has 2 aromatic heterocycles. The van der Waals surface area contributed by atoms with Crippen LogP contribution in [0.3, 0.4) is 0 Å². The fraction of sp³-hybridized carbons (Fsp3) is 0.333. The van der Waals surface area contributed by atoms with Crippen molar-refractivity contribution in [3.63, 3.8) is 0 Å². The summed E-state index contributed by atoms with van der Waals surface area (Å²) < 4.78 is 122. The number of alkyl carbamates (subject to hydrolysis) is 2. The van der Waals surface area contributed by atoms with Gasteiger partial charge in [-0.05, 0) is 93.8 Å². The van der Waals surface area contributed by atoms with Gasteiger partial charge in [-0.15, -0.1) is 6.58 Å². The van der Waals surface area contributed by atoms with E-state index in [0.717, 1.165) is 0 Å². The Balaban J connectivity index is 0.000000482. The number of alkyl halides is 6. The number of carbonyl (C=O) groups is 2. The first-order valence-corrected chi connectivity index (χ1v) is 16.4. The minimum absolute atomic E-state index is 0. The third-order valence-electron chi connectivity index (χ3n) is 6.60. The van der Waals surface area contributed by atoms with Crippen molar-refractivity contribution in [3.05, 3.63) is 102 Å². The summed E-state index contributed by atoms with van der Waals surface area (Å²) in [6.07, 6.45) is -7.09. The number of fused-ring (bicyclic) bond motifs is 2. The molecular formula is C36H38BClF9KN4O4. The van der Waals surface area contributed by atoms with Crippen LogP contribution in [0.25, 0.3) is 27.6 Å². The van der Waals surface area contributed by atoms with Gasteiger partial charge >= 0.3 is 82.9 Å². The van der Waals surface area contributed by atoms with Crippen LogP contribution in [-0.4, -0.2) is 52.7 Å². The summed E-state index contributed by atoms with van der Waals surface area (Å²) in [5, 5.41) is 6.34. The van der Waals surface area contributed by atoms with Gasteiger partial charge in [0.05, 0.1) is 5.69 Å². The summed E-state index contributed by atoms with van der Waals surface area (Å²) in [5.41, 5.74) is -1.46. The summed E-state index contributed by atoms with van der Waals surface area (Å²) in [7, 11) is 0. The van der Waals surface area contributed by atoms with E-state index in [1.807, 2.05) is 10.6 Å². The second kappa shape index (κ2) is 20.4. The van der Waals surface area contributed by atoms with E-state index in [9.17, 15) is 48.9 Å². The molecule has 2 amide bonds. The molecule has 0 aliphatic carbocycles. The van der Waals surface area contributed by atoms with Gasteiger partial charge in [0.1, 0.15) is 16.4 Å². The average Bonchev–Trinajstić information content (AvgIpc) is 3.03. The zero-order chi connectivity index (χ0) is 42.2. The number of rotatable bonds is 6. The van der Waals surface area contributed by atoms with E-state index < -0.39 is 54.8 Å². The number of hydrogen-bond donors (Lipinski definition) is 2. The standard InChI is InChI=1S/C18H19F3N2O2.C16H16ClF3N2O2.C2H3BF3.K/c1-5-14-9-13-8-11(6-7-12(13)10-22-14)15(18(19,20)21)23-16(24)25-17(2,3)4;1-15(2,3)24-14(23)22-13(16(18,19)20)9-4-5-10-8-21-12(17)7-11(10)6-9;1-2-3(4,5)6;/h5-10,15H,1H2,2-4H3,(H,23,24);4-8,13H,1-3H3,(H,22,23);2H,1H2;/q;;-1;+1/t15-;13-;;/m00../s1. The normalized spacial score (nSPS) is 13.0. The molecule has 2 atom stereocenters. The first kappa shape index (κ1) is 50.7. The molecule has 4 aromatic rings. The fourth-order valence-electron chi connectivity index (χ4n) is 4.34. The van der Waals surface area contributed by atoms with E-state index in [-0.39, 0.29) is 73.6 Å². The van der Waals surface area contributed by atoms with E-state index in [2.05, 4.69) is 23.1 Å². The third-order valence-corrected chi connectivity index (χ3v) is 6.81. The van der Waals surface area contributed by atoms with Gasteiger partial charge in [0.25, 0.3) is 0 Å². The van der Waals surface area contributed by atoms with Crippen LogP contribution in [0.5, 0.6) is 0 Å². The van der Waals surface area contributed by atoms with Gasteiger partial charge in [0.2, 0.25) is 0 Å². The SMILES string of the molecule is C=C[B-](F)(F)F.C=Cc1cc2cc([C@H](NC(=O)OC(C)(C)C)C(F)(F)F)ccc2cn1.CC(C)(C)OC(=O)N[C@@H](c1ccc2cnc(Cl)cc2c1)C(F)(F)F.[K+]. The number of halogens is 10. The van der Waals surface area contributed by atoms with Gasteiger partial charge in [0, 0.05) is 23.2 Å². The molecule has 0 saturated carbocycles. The number of aromatic nitrogens is 2. The molecule has 56 heavy (non-hydrogen) atoms. The summed E-state index contributed by atoms with van der Waals surface area (Å²) in [6.45, 7) is 10.8. The van der Waals surface area contributed by atoms with E-state index in [4.69, 9.17) is 21.1 Å². The molecule has 20 heteroatoms. The van der Waals surface area contributed by atoms with E-state index in [1.54, 1.807) is 53.8 Å². The Morgan fingerprint density at radius 3 is 1.41 bits per heavy atom. The Kier molecular flexibility index (Phi) is 18.4. The Bertz CT molecular complexity index is 1980. The molecule has 0 unspecified atom stereocenters. The van der Waals surface area contributed by atoms with Crippen molar-refractivity contribution < 1.29 is 110 Å². The molecule has 2 N–H and O–H groups in total. The number of benzene rings is 2. The molecule has 2 heterocycles. The van der Waals surface area contributed by atoms with Crippen LogP contribution < -0.4 is 62.0 Å². The maximum absolute atomic E-state index is 13.4. The van der Waals surface area contributed by atoms with Crippen molar-refractivity contribution in [2.24, 2.45) is 0 Å². The smallest absolute Gasteiger partial charge is 0.445 e. The number of pyridine rings is 2. The van der Waals surface area contributed by atoms with E-state index in [0.29, 0.717) is 27.2 Å². The molecule has 0 saturated heterocycles. The Morgan fingerprint density at radius 2 is 1.07 bits per heavy atom. The first-order valence-electron chi connectivity index (χ1n) is 16.0. The maximum Gasteiger partial charge on any atom is 1.00 e. The summed E-state index contributed by atoms with van der Waals surface area (Å²) >= 11 is 5.77. The van der Waals surface area contributed by atoms with Crippen molar-refractivity contribution in [1.82, 2.24) is 20.6 Å². The molecule has 0 fully saturated rings. The van der Waals surface area contributed by atoms with Gasteiger partial charge in [-0.3, -0.25) is 4.98 Å². The number of hydrogen-bond acceptors (Lipinski definition) is 6. The van der Waals surface area contributed by atoms with Crippen LogP contribution in [0.1, 0.15) is 70.4 Å². The second-order valence-corrected chi connectivity index (χ2v) is 14.0. The van der Waals surface area contributed by atoms with Crippen molar-refractivity contribution in [2.75, 3.05) is 0 Å². The molecule has 0 radical (unpaired) electrons. The summed E-state index contributed by atoms with van der Waals surface area (Å²) in [6, 6.07) is 7.03. The van der Waals surface area contributed by atoms with Gasteiger partial charge < -0.3 is 33.1 Å². The molecular weight excluding hydrogens is 809 g/mol. The topological polar surface area (TPSA) is 102 Å². The van der Waals surface area contributed by atoms with Gasteiger partial charge in [-0.2, -0.15) is 32.3 Å². The molecule has 4 rings (SSSR count). The van der Waals surface area contributed by atoms with Gasteiger partial charge in [-0.1, -0.05) is 42.4 Å². The Morgan fingerprint density at radius 1 is 0.696 bits per heavy atom. The Labute approximate surface area is 365 Å². The van der Waals surface area contributed by atoms with E-state index >= 15 is 0 Å². The quantitative estimate of drug-likeness (QED) is 0.115. The predicted octanol–water partition coefficient (Wildman–Crippen LogP) is 8.59.